The van der Waals surface area contributed by atoms with Crippen molar-refractivity contribution < 1.29 is 4.52 Å². The van der Waals surface area contributed by atoms with Crippen molar-refractivity contribution in [3.8, 4) is 0 Å². The van der Waals surface area contributed by atoms with Gasteiger partial charge < -0.3 is 15.2 Å². The third kappa shape index (κ3) is 5.67. The summed E-state index contributed by atoms with van der Waals surface area (Å²) in [5, 5.41) is 4.11. The number of aromatic amines is 1. The number of hydrogen-bond acceptors (Lipinski definition) is 7. The van der Waals surface area contributed by atoms with Crippen molar-refractivity contribution in [2.24, 2.45) is 0 Å². The van der Waals surface area contributed by atoms with Crippen molar-refractivity contribution in [1.82, 2.24) is 19.7 Å². The molecule has 0 atom stereocenters. The molecule has 0 unspecified atom stereocenters. The second-order valence-electron chi connectivity index (χ2n) is 8.67. The summed E-state index contributed by atoms with van der Waals surface area (Å²) in [4.78, 5) is 34.5. The monoisotopic (exact) mass is 494 g/mol. The first-order valence-corrected chi connectivity index (χ1v) is 11.9. The molecule has 3 aromatic carbocycles. The summed E-state index contributed by atoms with van der Waals surface area (Å²) >= 11 is 0. The number of H-pyrrole nitrogens is 1. The Bertz CT molecular complexity index is 1580. The molecule has 3 N–H and O–H groups in total. The molecule has 0 spiro atoms. The van der Waals surface area contributed by atoms with Crippen molar-refractivity contribution in [2.75, 3.05) is 10.6 Å². The Morgan fingerprint density at radius 3 is 2.05 bits per heavy atom. The van der Waals surface area contributed by atoms with Gasteiger partial charge in [0.05, 0.1) is 13.1 Å². The number of anilines is 2. The summed E-state index contributed by atoms with van der Waals surface area (Å²) in [6.45, 7) is 0.692. The van der Waals surface area contributed by atoms with E-state index in [0.29, 0.717) is 24.7 Å². The molecular formula is C28H26N6O3. The van der Waals surface area contributed by atoms with Gasteiger partial charge in [0.15, 0.2) is 5.82 Å². The van der Waals surface area contributed by atoms with E-state index in [4.69, 9.17) is 10.3 Å². The van der Waals surface area contributed by atoms with E-state index < -0.39 is 11.2 Å². The maximum Gasteiger partial charge on any atom is 0.330 e. The molecule has 0 bridgehead atoms. The molecular weight excluding hydrogens is 468 g/mol. The Morgan fingerprint density at radius 2 is 1.41 bits per heavy atom. The normalized spacial score (nSPS) is 10.9. The van der Waals surface area contributed by atoms with Gasteiger partial charge in [0.1, 0.15) is 11.5 Å². The maximum atomic E-state index is 13.1. The highest BCUT2D eigenvalue weighted by Crippen LogP contribution is 2.22. The molecule has 0 saturated heterocycles. The second kappa shape index (κ2) is 10.8. The molecule has 0 fully saturated rings. The van der Waals surface area contributed by atoms with Crippen LogP contribution in [0.5, 0.6) is 0 Å². The minimum atomic E-state index is -0.577. The van der Waals surface area contributed by atoms with E-state index in [2.05, 4.69) is 15.1 Å². The summed E-state index contributed by atoms with van der Waals surface area (Å²) < 4.78 is 6.89. The van der Waals surface area contributed by atoms with Crippen LogP contribution in [0.25, 0.3) is 0 Å². The van der Waals surface area contributed by atoms with Crippen LogP contribution in [0, 0.1) is 0 Å². The third-order valence-electron chi connectivity index (χ3n) is 5.97. The first-order valence-electron chi connectivity index (χ1n) is 11.9. The van der Waals surface area contributed by atoms with Crippen molar-refractivity contribution in [2.45, 2.75) is 26.1 Å². The van der Waals surface area contributed by atoms with E-state index in [0.717, 1.165) is 16.7 Å². The number of nitrogen functional groups attached to an aromatic ring is 1. The maximum absolute atomic E-state index is 13.1. The van der Waals surface area contributed by atoms with E-state index in [1.165, 1.54) is 4.57 Å². The highest BCUT2D eigenvalue weighted by atomic mass is 16.5. The molecule has 0 aliphatic heterocycles. The number of nitrogens with zero attached hydrogens (tertiary/aromatic N) is 4. The first-order chi connectivity index (χ1) is 18.1. The number of nitrogens with two attached hydrogens (primary N) is 1. The lowest BCUT2D eigenvalue weighted by atomic mass is 10.1. The largest absolute Gasteiger partial charge is 0.383 e. The van der Waals surface area contributed by atoms with E-state index >= 15 is 0 Å². The quantitative estimate of drug-likeness (QED) is 0.322. The van der Waals surface area contributed by atoms with Crippen LogP contribution in [-0.2, 0) is 26.1 Å². The van der Waals surface area contributed by atoms with E-state index in [1.807, 2.05) is 91.0 Å². The Hall–Kier alpha value is -4.92. The molecule has 9 nitrogen and oxygen atoms in total. The molecule has 0 amide bonds. The molecule has 0 saturated carbocycles. The fourth-order valence-corrected chi connectivity index (χ4v) is 4.19. The first kappa shape index (κ1) is 23.8. The van der Waals surface area contributed by atoms with Crippen molar-refractivity contribution in [1.29, 1.82) is 0 Å². The molecule has 2 aromatic heterocycles. The van der Waals surface area contributed by atoms with Crippen LogP contribution in [0.15, 0.2) is 105 Å². The zero-order chi connectivity index (χ0) is 25.6. The molecule has 5 rings (SSSR count). The highest BCUT2D eigenvalue weighted by molar-refractivity contribution is 5.62. The fourth-order valence-electron chi connectivity index (χ4n) is 4.19. The van der Waals surface area contributed by atoms with E-state index in [1.54, 1.807) is 4.90 Å². The van der Waals surface area contributed by atoms with Crippen LogP contribution < -0.4 is 21.9 Å². The Balaban J connectivity index is 1.50. The van der Waals surface area contributed by atoms with Gasteiger partial charge in [-0.25, -0.2) is 4.79 Å². The summed E-state index contributed by atoms with van der Waals surface area (Å²) in [7, 11) is 0. The Morgan fingerprint density at radius 1 is 0.811 bits per heavy atom. The van der Waals surface area contributed by atoms with Crippen molar-refractivity contribution >= 4 is 11.5 Å². The van der Waals surface area contributed by atoms with Gasteiger partial charge in [-0.05, 0) is 16.7 Å². The van der Waals surface area contributed by atoms with E-state index in [-0.39, 0.29) is 24.6 Å². The lowest BCUT2D eigenvalue weighted by Crippen LogP contribution is -2.38. The Kier molecular flexibility index (Phi) is 6.93. The average Bonchev–Trinajstić information content (AvgIpc) is 3.34. The zero-order valence-electron chi connectivity index (χ0n) is 20.1. The SMILES string of the molecule is Nc1c(N(Cc2ccccc2)Cc2nc(Cc3ccccc3)no2)c(=O)[nH]c(=O)n1Cc1ccccc1. The summed E-state index contributed by atoms with van der Waals surface area (Å²) in [5.41, 5.74) is 8.39. The molecule has 9 heteroatoms. The smallest absolute Gasteiger partial charge is 0.330 e. The van der Waals surface area contributed by atoms with Crippen molar-refractivity contribution in [3.05, 3.63) is 140 Å². The van der Waals surface area contributed by atoms with Gasteiger partial charge in [0.25, 0.3) is 5.56 Å². The topological polar surface area (TPSA) is 123 Å². The Labute approximate surface area is 212 Å². The molecule has 0 radical (unpaired) electrons. The molecule has 37 heavy (non-hydrogen) atoms. The second-order valence-corrected chi connectivity index (χ2v) is 8.67. The van der Waals surface area contributed by atoms with Gasteiger partial charge in [-0.2, -0.15) is 4.98 Å². The lowest BCUT2D eigenvalue weighted by molar-refractivity contribution is 0.371. The van der Waals surface area contributed by atoms with Gasteiger partial charge in [-0.1, -0.05) is 96.2 Å². The highest BCUT2D eigenvalue weighted by Gasteiger charge is 2.22. The van der Waals surface area contributed by atoms with Crippen molar-refractivity contribution in [3.63, 3.8) is 0 Å². The van der Waals surface area contributed by atoms with Gasteiger partial charge in [0.2, 0.25) is 5.89 Å². The summed E-state index contributed by atoms with van der Waals surface area (Å²) in [6, 6.07) is 29.0. The molecule has 2 heterocycles. The standard InChI is InChI=1S/C28H26N6O3/c29-26-25(27(35)31-28(36)34(26)18-22-14-8-3-9-15-22)33(17-21-12-6-2-7-13-21)19-24-30-23(32-37-24)16-20-10-4-1-5-11-20/h1-15H,16-19,29H2,(H,31,35,36). The minimum Gasteiger partial charge on any atom is -0.383 e. The zero-order valence-corrected chi connectivity index (χ0v) is 20.1. The minimum absolute atomic E-state index is 0.0672. The van der Waals surface area contributed by atoms with Crippen LogP contribution in [0.4, 0.5) is 11.5 Å². The number of aromatic nitrogens is 4. The van der Waals surface area contributed by atoms with Gasteiger partial charge in [0, 0.05) is 13.0 Å². The predicted molar refractivity (Wildman–Crippen MR) is 141 cm³/mol. The van der Waals surface area contributed by atoms with Gasteiger partial charge in [-0.15, -0.1) is 0 Å². The average molecular weight is 495 g/mol. The van der Waals surface area contributed by atoms with Crippen LogP contribution in [0.1, 0.15) is 28.4 Å². The van der Waals surface area contributed by atoms with Crippen LogP contribution in [-0.4, -0.2) is 19.7 Å². The van der Waals surface area contributed by atoms with Crippen LogP contribution >= 0.6 is 0 Å². The van der Waals surface area contributed by atoms with Crippen LogP contribution in [0.2, 0.25) is 0 Å². The fraction of sp³-hybridized carbons (Fsp3) is 0.143. The number of hydrogen-bond donors (Lipinski definition) is 2. The third-order valence-corrected chi connectivity index (χ3v) is 5.97. The summed E-state index contributed by atoms with van der Waals surface area (Å²) in [6.07, 6.45) is 0.522. The number of nitrogens with one attached hydrogen (secondary N) is 1. The van der Waals surface area contributed by atoms with Gasteiger partial charge in [-0.3, -0.25) is 14.3 Å². The molecule has 186 valence electrons. The van der Waals surface area contributed by atoms with Crippen LogP contribution in [0.3, 0.4) is 0 Å². The molecule has 5 aromatic rings. The number of benzene rings is 3. The van der Waals surface area contributed by atoms with Gasteiger partial charge >= 0.3 is 5.69 Å². The number of rotatable bonds is 9. The summed E-state index contributed by atoms with van der Waals surface area (Å²) in [5.74, 6) is 0.941. The molecule has 0 aliphatic carbocycles. The molecule has 0 aliphatic rings. The van der Waals surface area contributed by atoms with E-state index in [9.17, 15) is 9.59 Å². The lowest BCUT2D eigenvalue weighted by Gasteiger charge is -2.25. The predicted octanol–water partition coefficient (Wildman–Crippen LogP) is 3.35.